The molecule has 6 heteroatoms. The Balaban J connectivity index is 2.47. The third-order valence-corrected chi connectivity index (χ3v) is 4.09. The summed E-state index contributed by atoms with van der Waals surface area (Å²) >= 11 is 0. The number of nitrogens with zero attached hydrogens (tertiary/aromatic N) is 2. The number of anilines is 2. The van der Waals surface area contributed by atoms with Gasteiger partial charge in [0.15, 0.2) is 0 Å². The molecule has 0 aliphatic carbocycles. The van der Waals surface area contributed by atoms with Crippen molar-refractivity contribution < 1.29 is 14.4 Å². The summed E-state index contributed by atoms with van der Waals surface area (Å²) in [5.41, 5.74) is 2.63. The molecule has 1 aliphatic rings. The number of nitrogens with one attached hydrogen (secondary N) is 1. The first-order chi connectivity index (χ1) is 10.8. The van der Waals surface area contributed by atoms with Crippen LogP contribution in [0, 0.1) is 0 Å². The Morgan fingerprint density at radius 2 is 1.91 bits per heavy atom. The van der Waals surface area contributed by atoms with Gasteiger partial charge in [-0.1, -0.05) is 19.9 Å². The number of hydrogen-bond donors (Lipinski definition) is 1. The van der Waals surface area contributed by atoms with Crippen molar-refractivity contribution in [2.75, 3.05) is 23.9 Å². The van der Waals surface area contributed by atoms with E-state index in [1.165, 1.54) is 4.90 Å². The van der Waals surface area contributed by atoms with Crippen LogP contribution in [0.1, 0.15) is 38.2 Å². The van der Waals surface area contributed by atoms with Crippen molar-refractivity contribution >= 4 is 29.6 Å². The maximum Gasteiger partial charge on any atom is 0.249 e. The molecule has 1 aromatic rings. The highest BCUT2D eigenvalue weighted by Gasteiger charge is 2.33. The number of carbonyl (C=O) groups is 3. The molecular weight excluding hydrogens is 294 g/mol. The first-order valence-corrected chi connectivity index (χ1v) is 7.73. The van der Waals surface area contributed by atoms with Crippen molar-refractivity contribution in [3.8, 4) is 0 Å². The lowest BCUT2D eigenvalue weighted by molar-refractivity contribution is -0.134. The van der Waals surface area contributed by atoms with Crippen LogP contribution in [-0.4, -0.2) is 38.4 Å². The minimum atomic E-state index is -0.661. The van der Waals surface area contributed by atoms with Gasteiger partial charge < -0.3 is 9.80 Å². The fraction of sp³-hybridized carbons (Fsp3) is 0.471. The van der Waals surface area contributed by atoms with E-state index in [4.69, 9.17) is 0 Å². The number of amides is 3. The standard InChI is InChI=1S/C17H23N3O3/c1-11(2)12-5-6-13(19(3)4)15(9-12)20(10-21)14-7-8-16(22)18-17(14)23/h5-6,9-11,14H,7-8H2,1-4H3,(H,18,22,23). The average molecular weight is 317 g/mol. The van der Waals surface area contributed by atoms with Crippen LogP contribution in [0.4, 0.5) is 11.4 Å². The first-order valence-electron chi connectivity index (χ1n) is 7.73. The molecule has 1 saturated heterocycles. The smallest absolute Gasteiger partial charge is 0.249 e. The van der Waals surface area contributed by atoms with Gasteiger partial charge in [0.2, 0.25) is 18.2 Å². The van der Waals surface area contributed by atoms with Crippen molar-refractivity contribution in [3.63, 3.8) is 0 Å². The minimum Gasteiger partial charge on any atom is -0.376 e. The predicted octanol–water partition coefficient (Wildman–Crippen LogP) is 1.64. The van der Waals surface area contributed by atoms with Crippen molar-refractivity contribution in [3.05, 3.63) is 23.8 Å². The van der Waals surface area contributed by atoms with Gasteiger partial charge in [0.25, 0.3) is 0 Å². The second kappa shape index (κ2) is 6.81. The topological polar surface area (TPSA) is 69.7 Å². The predicted molar refractivity (Wildman–Crippen MR) is 89.6 cm³/mol. The molecule has 0 bridgehead atoms. The Morgan fingerprint density at radius 3 is 2.43 bits per heavy atom. The van der Waals surface area contributed by atoms with E-state index in [1.807, 2.05) is 37.2 Å². The number of imide groups is 1. The Kier molecular flexibility index (Phi) is 5.03. The van der Waals surface area contributed by atoms with Crippen LogP contribution in [0.15, 0.2) is 18.2 Å². The summed E-state index contributed by atoms with van der Waals surface area (Å²) in [4.78, 5) is 38.5. The zero-order chi connectivity index (χ0) is 17.1. The van der Waals surface area contributed by atoms with Crippen molar-refractivity contribution in [1.29, 1.82) is 0 Å². The minimum absolute atomic E-state index is 0.238. The Hall–Kier alpha value is -2.37. The number of benzene rings is 1. The molecule has 124 valence electrons. The van der Waals surface area contributed by atoms with E-state index < -0.39 is 11.9 Å². The van der Waals surface area contributed by atoms with E-state index in [1.54, 1.807) is 0 Å². The summed E-state index contributed by atoms with van der Waals surface area (Å²) in [6.07, 6.45) is 1.25. The van der Waals surface area contributed by atoms with Crippen LogP contribution >= 0.6 is 0 Å². The molecule has 2 rings (SSSR count). The van der Waals surface area contributed by atoms with E-state index >= 15 is 0 Å². The van der Waals surface area contributed by atoms with Gasteiger partial charge in [-0.05, 0) is 30.0 Å². The molecular formula is C17H23N3O3. The molecule has 0 aromatic heterocycles. The van der Waals surface area contributed by atoms with Crippen molar-refractivity contribution in [2.45, 2.75) is 38.6 Å². The third-order valence-electron chi connectivity index (χ3n) is 4.09. The maximum absolute atomic E-state index is 12.1. The zero-order valence-corrected chi connectivity index (χ0v) is 14.0. The molecule has 1 aliphatic heterocycles. The van der Waals surface area contributed by atoms with Crippen LogP contribution in [0.5, 0.6) is 0 Å². The van der Waals surface area contributed by atoms with E-state index in [-0.39, 0.29) is 12.3 Å². The summed E-state index contributed by atoms with van der Waals surface area (Å²) in [6.45, 7) is 4.15. The van der Waals surface area contributed by atoms with Crippen LogP contribution in [0.2, 0.25) is 0 Å². The van der Waals surface area contributed by atoms with Crippen LogP contribution in [0.25, 0.3) is 0 Å². The highest BCUT2D eigenvalue weighted by atomic mass is 16.2. The second-order valence-electron chi connectivity index (χ2n) is 6.28. The quantitative estimate of drug-likeness (QED) is 0.662. The van der Waals surface area contributed by atoms with Gasteiger partial charge in [-0.2, -0.15) is 0 Å². The summed E-state index contributed by atoms with van der Waals surface area (Å²) in [7, 11) is 3.78. The summed E-state index contributed by atoms with van der Waals surface area (Å²) in [5, 5.41) is 2.31. The second-order valence-corrected chi connectivity index (χ2v) is 6.28. The Bertz CT molecular complexity index is 626. The molecule has 23 heavy (non-hydrogen) atoms. The molecule has 1 atom stereocenters. The molecule has 0 spiro atoms. The summed E-state index contributed by atoms with van der Waals surface area (Å²) < 4.78 is 0. The molecule has 0 radical (unpaired) electrons. The molecule has 0 saturated carbocycles. The van der Waals surface area contributed by atoms with Gasteiger partial charge >= 0.3 is 0 Å². The van der Waals surface area contributed by atoms with Crippen LogP contribution in [0.3, 0.4) is 0 Å². The molecule has 1 heterocycles. The van der Waals surface area contributed by atoms with E-state index in [0.29, 0.717) is 24.4 Å². The Labute approximate surface area is 136 Å². The number of piperidine rings is 1. The fourth-order valence-corrected chi connectivity index (χ4v) is 2.73. The number of hydrogen-bond acceptors (Lipinski definition) is 4. The SMILES string of the molecule is CC(C)c1ccc(N(C)C)c(N(C=O)C2CCC(=O)NC2=O)c1. The lowest BCUT2D eigenvalue weighted by atomic mass is 9.99. The largest absolute Gasteiger partial charge is 0.376 e. The number of rotatable bonds is 5. The zero-order valence-electron chi connectivity index (χ0n) is 14.0. The van der Waals surface area contributed by atoms with E-state index in [2.05, 4.69) is 19.2 Å². The van der Waals surface area contributed by atoms with Crippen molar-refractivity contribution in [1.82, 2.24) is 5.32 Å². The fourth-order valence-electron chi connectivity index (χ4n) is 2.73. The highest BCUT2D eigenvalue weighted by molar-refractivity contribution is 6.04. The Morgan fingerprint density at radius 1 is 1.22 bits per heavy atom. The van der Waals surface area contributed by atoms with Crippen LogP contribution < -0.4 is 15.1 Å². The van der Waals surface area contributed by atoms with Gasteiger partial charge in [-0.3, -0.25) is 19.7 Å². The van der Waals surface area contributed by atoms with Gasteiger partial charge in [-0.15, -0.1) is 0 Å². The lowest BCUT2D eigenvalue weighted by Gasteiger charge is -2.33. The molecule has 1 N–H and O–H groups in total. The lowest BCUT2D eigenvalue weighted by Crippen LogP contribution is -2.52. The van der Waals surface area contributed by atoms with Crippen molar-refractivity contribution in [2.24, 2.45) is 0 Å². The van der Waals surface area contributed by atoms with E-state index in [0.717, 1.165) is 11.3 Å². The molecule has 1 fully saturated rings. The van der Waals surface area contributed by atoms with Gasteiger partial charge in [-0.25, -0.2) is 0 Å². The molecule has 1 unspecified atom stereocenters. The highest BCUT2D eigenvalue weighted by Crippen LogP contribution is 2.33. The number of carbonyl (C=O) groups excluding carboxylic acids is 3. The molecule has 1 aromatic carbocycles. The summed E-state index contributed by atoms with van der Waals surface area (Å²) in [5.74, 6) is -0.408. The summed E-state index contributed by atoms with van der Waals surface area (Å²) in [6, 6.07) is 5.26. The monoisotopic (exact) mass is 317 g/mol. The molecule has 6 nitrogen and oxygen atoms in total. The maximum atomic E-state index is 12.1. The molecule has 3 amide bonds. The average Bonchev–Trinajstić information content (AvgIpc) is 2.49. The first kappa shape index (κ1) is 17.0. The normalized spacial score (nSPS) is 17.9. The van der Waals surface area contributed by atoms with Gasteiger partial charge in [0, 0.05) is 20.5 Å². The van der Waals surface area contributed by atoms with Crippen LogP contribution in [-0.2, 0) is 14.4 Å². The van der Waals surface area contributed by atoms with Gasteiger partial charge in [0.05, 0.1) is 11.4 Å². The third kappa shape index (κ3) is 3.52. The van der Waals surface area contributed by atoms with E-state index in [9.17, 15) is 14.4 Å². The van der Waals surface area contributed by atoms with Gasteiger partial charge in [0.1, 0.15) is 6.04 Å².